The molecule has 0 aliphatic carbocycles. The number of carboxylic acid groups (broad SMARTS) is 1. The van der Waals surface area contributed by atoms with E-state index in [-0.39, 0.29) is 0 Å². The van der Waals surface area contributed by atoms with Crippen LogP contribution in [-0.4, -0.2) is 40.9 Å². The first-order chi connectivity index (χ1) is 7.75. The van der Waals surface area contributed by atoms with Crippen molar-refractivity contribution in [3.05, 3.63) is 0 Å². The van der Waals surface area contributed by atoms with Gasteiger partial charge in [0.15, 0.2) is 6.04 Å². The average Bonchev–Trinajstić information content (AvgIpc) is 2.21. The maximum absolute atomic E-state index is 11.4. The molecular weight excluding hydrogens is 224 g/mol. The summed E-state index contributed by atoms with van der Waals surface area (Å²) in [4.78, 5) is 22.1. The van der Waals surface area contributed by atoms with Crippen LogP contribution in [0.4, 0.5) is 4.79 Å². The molecule has 0 aliphatic heterocycles. The van der Waals surface area contributed by atoms with E-state index in [4.69, 9.17) is 5.11 Å². The minimum atomic E-state index is -1.29. The molecule has 3 atom stereocenters. The predicted octanol–water partition coefficient (Wildman–Crippen LogP) is 0.412. The minimum Gasteiger partial charge on any atom is -0.480 e. The quantitative estimate of drug-likeness (QED) is 0.545. The van der Waals surface area contributed by atoms with Gasteiger partial charge in [0.05, 0.1) is 6.10 Å². The fraction of sp³-hybridized carbons (Fsp3) is 0.818. The lowest BCUT2D eigenvalue weighted by Crippen LogP contribution is -2.51. The molecule has 0 saturated carbocycles. The van der Waals surface area contributed by atoms with Crippen molar-refractivity contribution in [1.29, 1.82) is 0 Å². The van der Waals surface area contributed by atoms with Gasteiger partial charge in [0.25, 0.3) is 0 Å². The van der Waals surface area contributed by atoms with Crippen molar-refractivity contribution in [2.75, 3.05) is 6.54 Å². The molecule has 0 aromatic heterocycles. The number of aliphatic hydroxyl groups is 1. The van der Waals surface area contributed by atoms with Gasteiger partial charge in [-0.05, 0) is 18.8 Å². The van der Waals surface area contributed by atoms with E-state index in [0.717, 1.165) is 0 Å². The van der Waals surface area contributed by atoms with Crippen molar-refractivity contribution in [3.63, 3.8) is 0 Å². The largest absolute Gasteiger partial charge is 0.480 e. The fourth-order valence-corrected chi connectivity index (χ4v) is 1.07. The number of hydrogen-bond donors (Lipinski definition) is 4. The number of amides is 2. The van der Waals surface area contributed by atoms with Gasteiger partial charge in [0, 0.05) is 6.54 Å². The highest BCUT2D eigenvalue weighted by Gasteiger charge is 2.24. The number of rotatable bonds is 6. The Morgan fingerprint density at radius 1 is 1.18 bits per heavy atom. The van der Waals surface area contributed by atoms with Crippen LogP contribution in [0, 0.1) is 11.8 Å². The maximum atomic E-state index is 11.4. The van der Waals surface area contributed by atoms with Gasteiger partial charge in [0.1, 0.15) is 0 Å². The second kappa shape index (κ2) is 7.11. The van der Waals surface area contributed by atoms with Gasteiger partial charge >= 0.3 is 12.0 Å². The van der Waals surface area contributed by atoms with Gasteiger partial charge < -0.3 is 20.8 Å². The van der Waals surface area contributed by atoms with Crippen LogP contribution in [0.3, 0.4) is 0 Å². The molecule has 1 unspecified atom stereocenters. The number of carboxylic acids is 1. The van der Waals surface area contributed by atoms with Crippen LogP contribution in [0.15, 0.2) is 0 Å². The highest BCUT2D eigenvalue weighted by molar-refractivity contribution is 5.82. The highest BCUT2D eigenvalue weighted by atomic mass is 16.4. The van der Waals surface area contributed by atoms with Crippen molar-refractivity contribution in [2.24, 2.45) is 11.8 Å². The van der Waals surface area contributed by atoms with E-state index in [1.54, 1.807) is 0 Å². The van der Waals surface area contributed by atoms with Crippen LogP contribution in [0.25, 0.3) is 0 Å². The Morgan fingerprint density at radius 2 is 1.71 bits per heavy atom. The molecule has 2 amide bonds. The molecule has 0 aliphatic rings. The van der Waals surface area contributed by atoms with Crippen LogP contribution in [0.1, 0.15) is 27.7 Å². The SMILES string of the molecule is CC(C)C(C)CNC(=O)N[C@H](C(=O)O)[C@@H](C)O. The molecule has 0 radical (unpaired) electrons. The number of carbonyl (C=O) groups is 2. The van der Waals surface area contributed by atoms with Crippen LogP contribution in [0.5, 0.6) is 0 Å². The lowest BCUT2D eigenvalue weighted by atomic mass is 9.98. The third-order valence-corrected chi connectivity index (χ3v) is 2.76. The molecule has 0 fully saturated rings. The zero-order valence-electron chi connectivity index (χ0n) is 10.7. The van der Waals surface area contributed by atoms with Crippen molar-refractivity contribution in [2.45, 2.75) is 39.8 Å². The molecule has 4 N–H and O–H groups in total. The van der Waals surface area contributed by atoms with Gasteiger partial charge in [-0.15, -0.1) is 0 Å². The summed E-state index contributed by atoms with van der Waals surface area (Å²) < 4.78 is 0. The first-order valence-corrected chi connectivity index (χ1v) is 5.71. The van der Waals surface area contributed by atoms with Gasteiger partial charge in [-0.3, -0.25) is 0 Å². The number of urea groups is 1. The summed E-state index contributed by atoms with van der Waals surface area (Å²) in [5.74, 6) is -0.523. The van der Waals surface area contributed by atoms with Gasteiger partial charge in [-0.1, -0.05) is 20.8 Å². The number of carbonyl (C=O) groups excluding carboxylic acids is 1. The zero-order valence-corrected chi connectivity index (χ0v) is 10.7. The fourth-order valence-electron chi connectivity index (χ4n) is 1.07. The molecule has 0 aromatic rings. The Kier molecular flexibility index (Phi) is 6.57. The average molecular weight is 246 g/mol. The van der Waals surface area contributed by atoms with Gasteiger partial charge in [-0.25, -0.2) is 9.59 Å². The Bertz CT molecular complexity index is 266. The van der Waals surface area contributed by atoms with Crippen LogP contribution < -0.4 is 10.6 Å². The highest BCUT2D eigenvalue weighted by Crippen LogP contribution is 2.07. The van der Waals surface area contributed by atoms with Crippen LogP contribution in [0.2, 0.25) is 0 Å². The minimum absolute atomic E-state index is 0.301. The Balaban J connectivity index is 4.12. The number of aliphatic carboxylic acids is 1. The summed E-state index contributed by atoms with van der Waals surface area (Å²) in [5, 5.41) is 22.7. The summed E-state index contributed by atoms with van der Waals surface area (Å²) in [5.41, 5.74) is 0. The van der Waals surface area contributed by atoms with Crippen molar-refractivity contribution in [1.82, 2.24) is 10.6 Å². The molecule has 0 rings (SSSR count). The topological polar surface area (TPSA) is 98.7 Å². The van der Waals surface area contributed by atoms with E-state index in [1.807, 2.05) is 20.8 Å². The molecule has 0 heterocycles. The first-order valence-electron chi connectivity index (χ1n) is 5.71. The van der Waals surface area contributed by atoms with Gasteiger partial charge in [0.2, 0.25) is 0 Å². The Labute approximate surface area is 101 Å². The first kappa shape index (κ1) is 15.7. The van der Waals surface area contributed by atoms with Gasteiger partial charge in [-0.2, -0.15) is 0 Å². The van der Waals surface area contributed by atoms with Crippen LogP contribution >= 0.6 is 0 Å². The summed E-state index contributed by atoms with van der Waals surface area (Å²) in [7, 11) is 0. The van der Waals surface area contributed by atoms with E-state index < -0.39 is 24.1 Å². The molecular formula is C11H22N2O4. The molecule has 0 aromatic carbocycles. The molecule has 6 heteroatoms. The van der Waals surface area contributed by atoms with Crippen LogP contribution in [-0.2, 0) is 4.79 Å². The lowest BCUT2D eigenvalue weighted by Gasteiger charge is -2.20. The summed E-state index contributed by atoms with van der Waals surface area (Å²) in [6.45, 7) is 7.86. The van der Waals surface area contributed by atoms with E-state index in [2.05, 4.69) is 10.6 Å². The molecule has 0 spiro atoms. The number of nitrogens with one attached hydrogen (secondary N) is 2. The normalized spacial score (nSPS) is 16.1. The summed E-state index contributed by atoms with van der Waals surface area (Å²) in [6, 6.07) is -1.87. The molecule has 100 valence electrons. The molecule has 6 nitrogen and oxygen atoms in total. The predicted molar refractivity (Wildman–Crippen MR) is 63.6 cm³/mol. The Morgan fingerprint density at radius 3 is 2.06 bits per heavy atom. The summed E-state index contributed by atoms with van der Waals surface area (Å²) in [6.07, 6.45) is -1.14. The Hall–Kier alpha value is -1.30. The smallest absolute Gasteiger partial charge is 0.328 e. The maximum Gasteiger partial charge on any atom is 0.328 e. The van der Waals surface area contributed by atoms with Crippen molar-refractivity contribution < 1.29 is 19.8 Å². The molecule has 0 saturated heterocycles. The third-order valence-electron chi connectivity index (χ3n) is 2.76. The number of hydrogen-bond acceptors (Lipinski definition) is 3. The van der Waals surface area contributed by atoms with E-state index >= 15 is 0 Å². The van der Waals surface area contributed by atoms with Crippen molar-refractivity contribution >= 4 is 12.0 Å². The standard InChI is InChI=1S/C11H22N2O4/c1-6(2)7(3)5-12-11(17)13-9(8(4)14)10(15)16/h6-9,14H,5H2,1-4H3,(H,15,16)(H2,12,13,17)/t7?,8-,9+/m1/s1. The summed E-state index contributed by atoms with van der Waals surface area (Å²) >= 11 is 0. The van der Waals surface area contributed by atoms with E-state index in [9.17, 15) is 14.7 Å². The second-order valence-electron chi connectivity index (χ2n) is 4.63. The third kappa shape index (κ3) is 6.11. The molecule has 0 bridgehead atoms. The van der Waals surface area contributed by atoms with E-state index in [1.165, 1.54) is 6.92 Å². The second-order valence-corrected chi connectivity index (χ2v) is 4.63. The number of aliphatic hydroxyl groups excluding tert-OH is 1. The molecule has 17 heavy (non-hydrogen) atoms. The zero-order chi connectivity index (χ0) is 13.6. The van der Waals surface area contributed by atoms with Crippen molar-refractivity contribution in [3.8, 4) is 0 Å². The van der Waals surface area contributed by atoms with E-state index in [0.29, 0.717) is 18.4 Å². The monoisotopic (exact) mass is 246 g/mol. The lowest BCUT2D eigenvalue weighted by molar-refractivity contribution is -0.141.